The monoisotopic (exact) mass is 347 g/mol. The second-order valence-electron chi connectivity index (χ2n) is 5.14. The fraction of sp³-hybridized carbons (Fsp3) is 0.500. The highest BCUT2D eigenvalue weighted by atomic mass is 79.9. The molecule has 0 aliphatic carbocycles. The van der Waals surface area contributed by atoms with Crippen LogP contribution in [0.15, 0.2) is 22.7 Å². The summed E-state index contributed by atoms with van der Waals surface area (Å²) in [5.74, 6) is -2.63. The smallest absolute Gasteiger partial charge is 0.267 e. The van der Waals surface area contributed by atoms with Crippen LogP contribution >= 0.6 is 15.9 Å². The highest BCUT2D eigenvalue weighted by molar-refractivity contribution is 9.10. The van der Waals surface area contributed by atoms with Crippen molar-refractivity contribution in [3.8, 4) is 5.75 Å². The first-order chi connectivity index (χ1) is 9.28. The number of likely N-dealkylation sites (tertiary alicyclic amines) is 1. The van der Waals surface area contributed by atoms with E-state index in [1.807, 2.05) is 13.8 Å². The zero-order valence-electron chi connectivity index (χ0n) is 11.3. The van der Waals surface area contributed by atoms with Crippen LogP contribution in [0.1, 0.15) is 30.6 Å². The van der Waals surface area contributed by atoms with Crippen molar-refractivity contribution in [3.05, 3.63) is 28.2 Å². The Balaban J connectivity index is 2.21. The lowest BCUT2D eigenvalue weighted by Gasteiger charge is -2.18. The van der Waals surface area contributed by atoms with Crippen molar-refractivity contribution in [1.29, 1.82) is 0 Å². The highest BCUT2D eigenvalue weighted by Gasteiger charge is 2.40. The van der Waals surface area contributed by atoms with Crippen molar-refractivity contribution in [2.24, 2.45) is 0 Å². The zero-order chi connectivity index (χ0) is 14.9. The first kappa shape index (κ1) is 15.2. The van der Waals surface area contributed by atoms with E-state index < -0.39 is 18.4 Å². The van der Waals surface area contributed by atoms with Crippen molar-refractivity contribution in [2.75, 3.05) is 13.1 Å². The average molecular weight is 348 g/mol. The molecule has 0 N–H and O–H groups in total. The third kappa shape index (κ3) is 3.48. The lowest BCUT2D eigenvalue weighted by molar-refractivity contribution is 0.0120. The summed E-state index contributed by atoms with van der Waals surface area (Å²) in [5.41, 5.74) is 0.348. The van der Waals surface area contributed by atoms with E-state index in [1.165, 1.54) is 4.90 Å². The Morgan fingerprint density at radius 1 is 1.45 bits per heavy atom. The topological polar surface area (TPSA) is 29.5 Å². The minimum absolute atomic E-state index is 0.0183. The number of alkyl halides is 2. The number of halogens is 3. The van der Waals surface area contributed by atoms with Gasteiger partial charge in [-0.2, -0.15) is 0 Å². The largest absolute Gasteiger partial charge is 0.491 e. The maximum atomic E-state index is 13.2. The molecule has 6 heteroatoms. The molecule has 0 radical (unpaired) electrons. The number of ether oxygens (including phenoxy) is 1. The van der Waals surface area contributed by atoms with Gasteiger partial charge in [-0.25, -0.2) is 8.78 Å². The van der Waals surface area contributed by atoms with Gasteiger partial charge in [0.2, 0.25) is 0 Å². The van der Waals surface area contributed by atoms with E-state index in [1.54, 1.807) is 18.2 Å². The standard InChI is InChI=1S/C14H16BrF2NO2/c1-9(2)20-10-3-4-12(15)11(7-10)13(19)18-6-5-14(16,17)8-18/h3-4,7,9H,5-6,8H2,1-2H3. The molecule has 0 saturated carbocycles. The molecule has 1 aliphatic rings. The molecular weight excluding hydrogens is 332 g/mol. The Morgan fingerprint density at radius 2 is 2.15 bits per heavy atom. The predicted octanol–water partition coefficient (Wildman–Crippen LogP) is 3.72. The molecule has 2 rings (SSSR count). The molecule has 110 valence electrons. The molecule has 1 amide bonds. The molecule has 3 nitrogen and oxygen atoms in total. The number of hydrogen-bond acceptors (Lipinski definition) is 2. The molecule has 1 heterocycles. The first-order valence-electron chi connectivity index (χ1n) is 6.42. The minimum Gasteiger partial charge on any atom is -0.491 e. The molecule has 1 saturated heterocycles. The van der Waals surface area contributed by atoms with Crippen LogP contribution in [-0.2, 0) is 0 Å². The Kier molecular flexibility index (Phi) is 4.32. The summed E-state index contributed by atoms with van der Waals surface area (Å²) in [5, 5.41) is 0. The number of carbonyl (C=O) groups is 1. The van der Waals surface area contributed by atoms with Gasteiger partial charge in [-0.05, 0) is 48.0 Å². The molecule has 0 bridgehead atoms. The normalized spacial score (nSPS) is 17.6. The van der Waals surface area contributed by atoms with Crippen LogP contribution in [0.4, 0.5) is 8.78 Å². The van der Waals surface area contributed by atoms with E-state index in [4.69, 9.17) is 4.74 Å². The minimum atomic E-state index is -2.78. The third-order valence-corrected chi connectivity index (χ3v) is 3.69. The fourth-order valence-corrected chi connectivity index (χ4v) is 2.51. The second kappa shape index (κ2) is 5.68. The van der Waals surface area contributed by atoms with E-state index in [0.717, 1.165) is 0 Å². The summed E-state index contributed by atoms with van der Waals surface area (Å²) in [6.45, 7) is 3.32. The van der Waals surface area contributed by atoms with Gasteiger partial charge >= 0.3 is 0 Å². The number of nitrogens with zero attached hydrogens (tertiary/aromatic N) is 1. The van der Waals surface area contributed by atoms with Crippen molar-refractivity contribution >= 4 is 21.8 Å². The molecule has 1 fully saturated rings. The van der Waals surface area contributed by atoms with Gasteiger partial charge in [0, 0.05) is 17.4 Å². The van der Waals surface area contributed by atoms with Crippen LogP contribution in [0.2, 0.25) is 0 Å². The molecule has 1 aromatic carbocycles. The number of hydrogen-bond donors (Lipinski definition) is 0. The van der Waals surface area contributed by atoms with Crippen LogP contribution < -0.4 is 4.74 Å². The highest BCUT2D eigenvalue weighted by Crippen LogP contribution is 2.30. The van der Waals surface area contributed by atoms with Crippen LogP contribution in [0.3, 0.4) is 0 Å². The third-order valence-electron chi connectivity index (χ3n) is 3.00. The van der Waals surface area contributed by atoms with Crippen molar-refractivity contribution < 1.29 is 18.3 Å². The summed E-state index contributed by atoms with van der Waals surface area (Å²) >= 11 is 3.28. The first-order valence-corrected chi connectivity index (χ1v) is 7.21. The van der Waals surface area contributed by atoms with Crippen molar-refractivity contribution in [1.82, 2.24) is 4.90 Å². The van der Waals surface area contributed by atoms with Gasteiger partial charge in [-0.3, -0.25) is 4.79 Å². The molecule has 0 aromatic heterocycles. The summed E-state index contributed by atoms with van der Waals surface area (Å²) < 4.78 is 32.5. The Bertz CT molecular complexity index is 520. The summed E-state index contributed by atoms with van der Waals surface area (Å²) in [6.07, 6.45) is -0.298. The van der Waals surface area contributed by atoms with Gasteiger partial charge in [0.1, 0.15) is 5.75 Å². The van der Waals surface area contributed by atoms with Crippen LogP contribution in [0, 0.1) is 0 Å². The molecular formula is C14H16BrF2NO2. The van der Waals surface area contributed by atoms with Crippen LogP contribution in [-0.4, -0.2) is 35.9 Å². The van der Waals surface area contributed by atoms with Crippen LogP contribution in [0.25, 0.3) is 0 Å². The van der Waals surface area contributed by atoms with E-state index in [0.29, 0.717) is 15.8 Å². The maximum Gasteiger partial charge on any atom is 0.267 e. The summed E-state index contributed by atoms with van der Waals surface area (Å²) in [6, 6.07) is 5.02. The molecule has 1 aliphatic heterocycles. The van der Waals surface area contributed by atoms with E-state index in [-0.39, 0.29) is 19.1 Å². The van der Waals surface area contributed by atoms with Gasteiger partial charge in [0.05, 0.1) is 18.2 Å². The number of rotatable bonds is 3. The van der Waals surface area contributed by atoms with E-state index in [2.05, 4.69) is 15.9 Å². The summed E-state index contributed by atoms with van der Waals surface area (Å²) in [7, 11) is 0. The number of carbonyl (C=O) groups excluding carboxylic acids is 1. The quantitative estimate of drug-likeness (QED) is 0.833. The van der Waals surface area contributed by atoms with Gasteiger partial charge in [-0.1, -0.05) is 0 Å². The second-order valence-corrected chi connectivity index (χ2v) is 6.00. The SMILES string of the molecule is CC(C)Oc1ccc(Br)c(C(=O)N2CCC(F)(F)C2)c1. The maximum absolute atomic E-state index is 13.2. The predicted molar refractivity (Wildman–Crippen MR) is 75.4 cm³/mol. The lowest BCUT2D eigenvalue weighted by Crippen LogP contribution is -2.31. The fourth-order valence-electron chi connectivity index (χ4n) is 2.09. The molecule has 0 unspecified atom stereocenters. The molecule has 0 spiro atoms. The lowest BCUT2D eigenvalue weighted by atomic mass is 10.2. The molecule has 1 aromatic rings. The van der Waals surface area contributed by atoms with Crippen molar-refractivity contribution in [3.63, 3.8) is 0 Å². The Hall–Kier alpha value is -1.17. The number of amides is 1. The van der Waals surface area contributed by atoms with E-state index in [9.17, 15) is 13.6 Å². The van der Waals surface area contributed by atoms with Crippen LogP contribution in [0.5, 0.6) is 5.75 Å². The Labute approximate surface area is 125 Å². The Morgan fingerprint density at radius 3 is 2.70 bits per heavy atom. The van der Waals surface area contributed by atoms with Gasteiger partial charge in [-0.15, -0.1) is 0 Å². The molecule has 20 heavy (non-hydrogen) atoms. The zero-order valence-corrected chi connectivity index (χ0v) is 12.9. The average Bonchev–Trinajstić information content (AvgIpc) is 2.71. The van der Waals surface area contributed by atoms with Gasteiger partial charge < -0.3 is 9.64 Å². The summed E-state index contributed by atoms with van der Waals surface area (Å²) in [4.78, 5) is 13.5. The van der Waals surface area contributed by atoms with E-state index >= 15 is 0 Å². The van der Waals surface area contributed by atoms with Gasteiger partial charge in [0.25, 0.3) is 11.8 Å². The molecule has 0 atom stereocenters. The van der Waals surface area contributed by atoms with Crippen molar-refractivity contribution in [2.45, 2.75) is 32.3 Å². The number of benzene rings is 1. The van der Waals surface area contributed by atoms with Gasteiger partial charge in [0.15, 0.2) is 0 Å².